The van der Waals surface area contributed by atoms with E-state index in [1.165, 1.54) is 59.5 Å². The maximum absolute atomic E-state index is 10.4. The van der Waals surface area contributed by atoms with Crippen molar-refractivity contribution in [2.75, 3.05) is 20.6 Å². The van der Waals surface area contributed by atoms with Crippen molar-refractivity contribution in [2.45, 2.75) is 6.42 Å². The third kappa shape index (κ3) is 18.1. The summed E-state index contributed by atoms with van der Waals surface area (Å²) >= 11 is 0. The minimum Gasteiger partial charge on any atom is -0.351 e. The number of para-hydroxylation sites is 4. The third-order valence-electron chi connectivity index (χ3n) is 8.81. The van der Waals surface area contributed by atoms with Gasteiger partial charge in [0.05, 0.1) is 48.7 Å². The average molecular weight is 926 g/mol. The average Bonchev–Trinajstić information content (AvgIpc) is 4.20. The molecule has 354 valence electrons. The van der Waals surface area contributed by atoms with E-state index in [9.17, 15) is 9.59 Å². The predicted molar refractivity (Wildman–Crippen MR) is 255 cm³/mol. The highest BCUT2D eigenvalue weighted by molar-refractivity contribution is 5.93. The quantitative estimate of drug-likeness (QED) is 0.211. The number of carbonyl (C=O) groups is 2. The Kier molecular flexibility index (Phi) is 21.1. The number of aryl methyl sites for hydroxylation is 7. The van der Waals surface area contributed by atoms with Crippen LogP contribution in [0.3, 0.4) is 0 Å². The van der Waals surface area contributed by atoms with Crippen molar-refractivity contribution in [1.82, 2.24) is 99.1 Å². The highest BCUT2D eigenvalue weighted by Gasteiger charge is 2.11. The Bertz CT molecular complexity index is 2640. The van der Waals surface area contributed by atoms with Crippen LogP contribution in [-0.4, -0.2) is 138 Å². The number of tetrazole rings is 2. The number of hydrazone groups is 1. The molecule has 0 atom stereocenters. The minimum atomic E-state index is -0.0417. The van der Waals surface area contributed by atoms with Gasteiger partial charge in [0, 0.05) is 98.3 Å². The molecule has 0 bridgehead atoms. The first kappa shape index (κ1) is 51.5. The van der Waals surface area contributed by atoms with Crippen molar-refractivity contribution in [1.29, 1.82) is 0 Å². The molecule has 25 nitrogen and oxygen atoms in total. The van der Waals surface area contributed by atoms with Crippen LogP contribution in [0.25, 0.3) is 32.8 Å². The number of nitrogens with zero attached hydrogens (tertiary/aromatic N) is 23. The first-order valence-corrected chi connectivity index (χ1v) is 20.6. The molecule has 0 saturated carbocycles. The number of amides is 2. The van der Waals surface area contributed by atoms with E-state index in [1.807, 2.05) is 92.6 Å². The molecular formula is C43H55N23O2. The molecule has 68 heavy (non-hydrogen) atoms. The van der Waals surface area contributed by atoms with Crippen LogP contribution < -0.4 is 0 Å². The SMILES string of the molecule is CN1N=CCC1=O.CN1N=NCC1=O.Cn1ccc2ccccc21.Cn1cccn1.Cn1ccnn1.Cn1cnc2ccccc21.Cn1cnnn1.Cn1ncc2ccccc21.Cn1ncnn1. The van der Waals surface area contributed by atoms with Gasteiger partial charge in [-0.25, -0.2) is 19.7 Å². The fourth-order valence-corrected chi connectivity index (χ4v) is 5.22. The molecule has 0 aliphatic carbocycles. The van der Waals surface area contributed by atoms with Crippen molar-refractivity contribution in [3.05, 3.63) is 141 Å². The van der Waals surface area contributed by atoms with Crippen molar-refractivity contribution < 1.29 is 9.59 Å². The summed E-state index contributed by atoms with van der Waals surface area (Å²) in [6, 6.07) is 28.6. The molecule has 9 heterocycles. The van der Waals surface area contributed by atoms with Crippen LogP contribution in [0.2, 0.25) is 0 Å². The fraction of sp³-hybridized carbons (Fsp3) is 0.256. The Hall–Kier alpha value is -9.16. The summed E-state index contributed by atoms with van der Waals surface area (Å²) in [7, 11) is 16.4. The Morgan fingerprint density at radius 1 is 0.529 bits per heavy atom. The fourth-order valence-electron chi connectivity index (χ4n) is 5.22. The zero-order chi connectivity index (χ0) is 49.1. The first-order valence-electron chi connectivity index (χ1n) is 20.6. The largest absolute Gasteiger partial charge is 0.351 e. The van der Waals surface area contributed by atoms with Gasteiger partial charge in [-0.05, 0) is 57.4 Å². The lowest BCUT2D eigenvalue weighted by molar-refractivity contribution is -0.127. The maximum Gasteiger partial charge on any atom is 0.267 e. The second-order valence-electron chi connectivity index (χ2n) is 14.0. The van der Waals surface area contributed by atoms with Crippen LogP contribution in [0.4, 0.5) is 0 Å². The van der Waals surface area contributed by atoms with E-state index < -0.39 is 0 Å². The summed E-state index contributed by atoms with van der Waals surface area (Å²) in [5.41, 5.74) is 4.72. The van der Waals surface area contributed by atoms with Gasteiger partial charge in [-0.15, -0.1) is 20.4 Å². The monoisotopic (exact) mass is 925 g/mol. The van der Waals surface area contributed by atoms with Crippen molar-refractivity contribution in [3.8, 4) is 0 Å². The number of imidazole rings is 1. The van der Waals surface area contributed by atoms with Crippen LogP contribution in [0, 0.1) is 0 Å². The lowest BCUT2D eigenvalue weighted by Crippen LogP contribution is -2.16. The van der Waals surface area contributed by atoms with E-state index in [0.717, 1.165) is 5.52 Å². The molecular weight excluding hydrogens is 871 g/mol. The van der Waals surface area contributed by atoms with Gasteiger partial charge < -0.3 is 9.13 Å². The van der Waals surface area contributed by atoms with E-state index in [4.69, 9.17) is 0 Å². The molecule has 0 unspecified atom stereocenters. The Labute approximate surface area is 391 Å². The van der Waals surface area contributed by atoms with Gasteiger partial charge in [0.15, 0.2) is 6.33 Å². The molecule has 2 aliphatic rings. The van der Waals surface area contributed by atoms with E-state index in [0.29, 0.717) is 6.42 Å². The third-order valence-corrected chi connectivity index (χ3v) is 8.81. The molecule has 25 heteroatoms. The molecule has 2 amide bonds. The highest BCUT2D eigenvalue weighted by atomic mass is 16.2. The van der Waals surface area contributed by atoms with Crippen LogP contribution in [0.5, 0.6) is 0 Å². The van der Waals surface area contributed by atoms with Gasteiger partial charge in [-0.2, -0.15) is 25.2 Å². The number of hydrogen-bond donors (Lipinski definition) is 0. The van der Waals surface area contributed by atoms with Crippen LogP contribution in [0.15, 0.2) is 157 Å². The van der Waals surface area contributed by atoms with E-state index in [1.54, 1.807) is 62.4 Å². The number of hydrogen-bond acceptors (Lipinski definition) is 16. The van der Waals surface area contributed by atoms with Crippen LogP contribution in [0.1, 0.15) is 6.42 Å². The van der Waals surface area contributed by atoms with Crippen molar-refractivity contribution >= 4 is 50.9 Å². The molecule has 0 fully saturated rings. The minimum absolute atomic E-state index is 0.0417. The van der Waals surface area contributed by atoms with Crippen molar-refractivity contribution in [2.24, 2.45) is 64.8 Å². The second-order valence-corrected chi connectivity index (χ2v) is 14.0. The number of aromatic nitrogens is 18. The zero-order valence-corrected chi connectivity index (χ0v) is 39.4. The van der Waals surface area contributed by atoms with E-state index in [-0.39, 0.29) is 18.4 Å². The molecule has 0 radical (unpaired) electrons. The smallest absolute Gasteiger partial charge is 0.267 e. The summed E-state index contributed by atoms with van der Waals surface area (Å²) in [5, 5.41) is 51.4. The van der Waals surface area contributed by atoms with E-state index in [2.05, 4.69) is 138 Å². The molecule has 3 aromatic carbocycles. The first-order chi connectivity index (χ1) is 32.8. The molecule has 10 aromatic rings. The molecule has 2 aliphatic heterocycles. The summed E-state index contributed by atoms with van der Waals surface area (Å²) < 4.78 is 10.9. The van der Waals surface area contributed by atoms with Gasteiger partial charge in [0.1, 0.15) is 12.9 Å². The lowest BCUT2D eigenvalue weighted by Gasteiger charge is -1.98. The highest BCUT2D eigenvalue weighted by Crippen LogP contribution is 2.13. The molecule has 0 saturated heterocycles. The van der Waals surface area contributed by atoms with Gasteiger partial charge in [-0.1, -0.05) is 59.0 Å². The number of carbonyl (C=O) groups excluding carboxylic acids is 2. The summed E-state index contributed by atoms with van der Waals surface area (Å²) in [6.07, 6.45) is 17.8. The summed E-state index contributed by atoms with van der Waals surface area (Å²) in [6.45, 7) is 0.219. The van der Waals surface area contributed by atoms with Crippen LogP contribution >= 0.6 is 0 Å². The molecule has 12 rings (SSSR count). The van der Waals surface area contributed by atoms with Gasteiger partial charge >= 0.3 is 0 Å². The Morgan fingerprint density at radius 3 is 1.65 bits per heavy atom. The number of likely N-dealkylation sites (N-methyl/N-ethyl adjacent to an activating group) is 1. The van der Waals surface area contributed by atoms with Crippen LogP contribution in [-0.2, 0) is 58.9 Å². The van der Waals surface area contributed by atoms with Gasteiger partial charge in [-0.3, -0.25) is 23.6 Å². The zero-order valence-electron chi connectivity index (χ0n) is 39.4. The Balaban J connectivity index is 0.000000168. The lowest BCUT2D eigenvalue weighted by atomic mass is 10.2. The number of fused-ring (bicyclic) bond motifs is 3. The second kappa shape index (κ2) is 27.9. The van der Waals surface area contributed by atoms with Gasteiger partial charge in [0.2, 0.25) is 5.91 Å². The Morgan fingerprint density at radius 2 is 1.25 bits per heavy atom. The number of benzene rings is 3. The summed E-state index contributed by atoms with van der Waals surface area (Å²) in [4.78, 5) is 26.3. The normalized spacial score (nSPS) is 11.7. The maximum atomic E-state index is 10.4. The van der Waals surface area contributed by atoms with E-state index >= 15 is 0 Å². The molecule has 7 aromatic heterocycles. The standard InChI is InChI=1S/C9H9N.2C8H8N2.C4H6N2O.C4H6N2.C3H5N3O.C3H5N3.2C2H4N4/c1-10-7-6-8-4-2-3-5-9(8)10;1-10-6-9-7-4-2-3-5-8(7)10;1-10-8-5-3-2-4-7(8)6-9-10;1-6-4(7)2-3-5-6;1-6-4-2-3-5-6;1-6-3(7)2-4-5-6;1-6-3-2-4-5-6;1-6-2-3-4-5-6;1-6-4-2-3-5-6/h2-7H,1H3;2*2-6H,1H3;3H,2H2,1H3;2-4H,1H3;2H2,1H3;2-3H,1H3;2*2H,1H3. The molecule has 0 N–H and O–H groups in total. The summed E-state index contributed by atoms with van der Waals surface area (Å²) in [5.74, 6) is 0.0278. The topological polar surface area (TPSA) is 254 Å². The predicted octanol–water partition coefficient (Wildman–Crippen LogP) is 3.64. The number of rotatable bonds is 0. The van der Waals surface area contributed by atoms with Crippen molar-refractivity contribution in [3.63, 3.8) is 0 Å². The molecule has 0 spiro atoms. The van der Waals surface area contributed by atoms with Gasteiger partial charge in [0.25, 0.3) is 5.91 Å².